The van der Waals surface area contributed by atoms with Crippen molar-refractivity contribution in [1.82, 2.24) is 10.3 Å². The molecule has 0 unspecified atom stereocenters. The number of hydrogen-bond acceptors (Lipinski definition) is 6. The summed E-state index contributed by atoms with van der Waals surface area (Å²) in [6, 6.07) is 17.3. The lowest BCUT2D eigenvalue weighted by Gasteiger charge is -2.27. The van der Waals surface area contributed by atoms with Crippen LogP contribution in [0.4, 0.5) is 11.4 Å². The van der Waals surface area contributed by atoms with Gasteiger partial charge in [-0.3, -0.25) is 9.78 Å². The molecule has 1 amide bonds. The Labute approximate surface area is 200 Å². The van der Waals surface area contributed by atoms with Crippen molar-refractivity contribution in [2.24, 2.45) is 0 Å². The van der Waals surface area contributed by atoms with Gasteiger partial charge in [-0.25, -0.2) is 0 Å². The fraction of sp³-hybridized carbons (Fsp3) is 0.333. The number of anilines is 2. The van der Waals surface area contributed by atoms with E-state index in [-0.39, 0.29) is 25.2 Å². The van der Waals surface area contributed by atoms with Crippen molar-refractivity contribution < 1.29 is 19.4 Å². The molecule has 4 rings (SSSR count). The minimum Gasteiger partial charge on any atom is -0.493 e. The maximum Gasteiger partial charge on any atom is 0.251 e. The fourth-order valence-electron chi connectivity index (χ4n) is 4.20. The molecule has 178 valence electrons. The van der Waals surface area contributed by atoms with Crippen LogP contribution in [0.3, 0.4) is 0 Å². The molecule has 34 heavy (non-hydrogen) atoms. The first-order valence-corrected chi connectivity index (χ1v) is 11.7. The minimum absolute atomic E-state index is 0.103. The van der Waals surface area contributed by atoms with Gasteiger partial charge in [-0.15, -0.1) is 0 Å². The van der Waals surface area contributed by atoms with Gasteiger partial charge in [-0.05, 0) is 67.6 Å². The molecule has 0 spiro atoms. The number of ether oxygens (including phenoxy) is 2. The van der Waals surface area contributed by atoms with E-state index in [2.05, 4.69) is 15.2 Å². The summed E-state index contributed by atoms with van der Waals surface area (Å²) in [4.78, 5) is 18.9. The third kappa shape index (κ3) is 5.85. The Hall–Kier alpha value is -3.58. The Bertz CT molecular complexity index is 1080. The summed E-state index contributed by atoms with van der Waals surface area (Å²) in [5.41, 5.74) is 3.34. The van der Waals surface area contributed by atoms with E-state index in [9.17, 15) is 4.79 Å². The second-order valence-corrected chi connectivity index (χ2v) is 8.34. The number of rotatable bonds is 10. The molecule has 1 saturated carbocycles. The van der Waals surface area contributed by atoms with Gasteiger partial charge in [0.25, 0.3) is 5.91 Å². The molecule has 1 aromatic heterocycles. The lowest BCUT2D eigenvalue weighted by atomic mass is 10.1. The Morgan fingerprint density at radius 1 is 1.09 bits per heavy atom. The summed E-state index contributed by atoms with van der Waals surface area (Å²) in [7, 11) is 1.65. The van der Waals surface area contributed by atoms with E-state index in [0.717, 1.165) is 35.5 Å². The van der Waals surface area contributed by atoms with Crippen molar-refractivity contribution >= 4 is 17.3 Å². The summed E-state index contributed by atoms with van der Waals surface area (Å²) in [6.45, 7) is 0.668. The molecule has 0 aliphatic heterocycles. The summed E-state index contributed by atoms with van der Waals surface area (Å²) >= 11 is 0. The lowest BCUT2D eigenvalue weighted by molar-refractivity contribution is 0.0945. The number of amides is 1. The van der Waals surface area contributed by atoms with E-state index in [1.807, 2.05) is 54.7 Å². The third-order valence-corrected chi connectivity index (χ3v) is 5.94. The van der Waals surface area contributed by atoms with Crippen LogP contribution in [0.2, 0.25) is 0 Å². The summed E-state index contributed by atoms with van der Waals surface area (Å²) in [6.07, 6.45) is 8.27. The number of carbonyl (C=O) groups excluding carboxylic acids is 1. The second-order valence-electron chi connectivity index (χ2n) is 8.34. The molecule has 1 fully saturated rings. The van der Waals surface area contributed by atoms with Gasteiger partial charge in [0.05, 0.1) is 19.8 Å². The van der Waals surface area contributed by atoms with E-state index in [0.29, 0.717) is 17.9 Å². The third-order valence-electron chi connectivity index (χ3n) is 5.94. The smallest absolute Gasteiger partial charge is 0.251 e. The number of methoxy groups -OCH3 is 1. The molecule has 3 aromatic rings. The van der Waals surface area contributed by atoms with E-state index in [1.165, 1.54) is 12.8 Å². The average molecular weight is 462 g/mol. The van der Waals surface area contributed by atoms with Gasteiger partial charge >= 0.3 is 0 Å². The number of hydrogen-bond donors (Lipinski definition) is 2. The van der Waals surface area contributed by atoms with Gasteiger partial charge in [0, 0.05) is 48.5 Å². The lowest BCUT2D eigenvalue weighted by Crippen LogP contribution is -2.26. The number of carbonyl (C=O) groups is 1. The van der Waals surface area contributed by atoms with Crippen LogP contribution in [0.15, 0.2) is 67.0 Å². The van der Waals surface area contributed by atoms with E-state index in [1.54, 1.807) is 19.4 Å². The predicted octanol–water partition coefficient (Wildman–Crippen LogP) is 4.47. The van der Waals surface area contributed by atoms with Gasteiger partial charge < -0.3 is 24.8 Å². The average Bonchev–Trinajstić information content (AvgIpc) is 3.39. The van der Waals surface area contributed by atoms with Crippen LogP contribution in [0.25, 0.3) is 0 Å². The zero-order valence-corrected chi connectivity index (χ0v) is 19.4. The Morgan fingerprint density at radius 3 is 2.65 bits per heavy atom. The SMILES string of the molecule is COc1ccc(N(Cc2cccnc2)c2cccc(C(=O)NCCO)c2)cc1OC1CCCC1. The molecule has 7 heteroatoms. The van der Waals surface area contributed by atoms with E-state index >= 15 is 0 Å². The van der Waals surface area contributed by atoms with Crippen LogP contribution < -0.4 is 19.7 Å². The van der Waals surface area contributed by atoms with Gasteiger partial charge in [0.1, 0.15) is 0 Å². The van der Waals surface area contributed by atoms with Crippen LogP contribution in [0, 0.1) is 0 Å². The molecule has 0 atom stereocenters. The van der Waals surface area contributed by atoms with Crippen LogP contribution in [-0.4, -0.2) is 42.4 Å². The van der Waals surface area contributed by atoms with Crippen LogP contribution in [-0.2, 0) is 6.54 Å². The van der Waals surface area contributed by atoms with Gasteiger partial charge in [-0.1, -0.05) is 12.1 Å². The highest BCUT2D eigenvalue weighted by atomic mass is 16.5. The first kappa shape index (κ1) is 23.6. The van der Waals surface area contributed by atoms with Crippen molar-refractivity contribution in [2.45, 2.75) is 38.3 Å². The topological polar surface area (TPSA) is 83.9 Å². The molecular formula is C27H31N3O4. The minimum atomic E-state index is -0.225. The number of aliphatic hydroxyl groups is 1. The Balaban J connectivity index is 1.70. The number of benzene rings is 2. The maximum atomic E-state index is 12.5. The molecule has 1 aliphatic rings. The van der Waals surface area contributed by atoms with Crippen molar-refractivity contribution in [2.75, 3.05) is 25.2 Å². The highest BCUT2D eigenvalue weighted by Gasteiger charge is 2.20. The van der Waals surface area contributed by atoms with Crippen LogP contribution in [0.1, 0.15) is 41.6 Å². The molecular weight excluding hydrogens is 430 g/mol. The number of aromatic nitrogens is 1. The first-order chi connectivity index (χ1) is 16.7. The Morgan fingerprint density at radius 2 is 1.91 bits per heavy atom. The monoisotopic (exact) mass is 461 g/mol. The van der Waals surface area contributed by atoms with Gasteiger partial charge in [0.15, 0.2) is 11.5 Å². The molecule has 0 bridgehead atoms. The van der Waals surface area contributed by atoms with E-state index in [4.69, 9.17) is 14.6 Å². The quantitative estimate of drug-likeness (QED) is 0.463. The molecule has 2 N–H and O–H groups in total. The second kappa shape index (κ2) is 11.5. The highest BCUT2D eigenvalue weighted by Crippen LogP contribution is 2.38. The number of nitrogens with zero attached hydrogens (tertiary/aromatic N) is 2. The zero-order chi connectivity index (χ0) is 23.8. The van der Waals surface area contributed by atoms with Crippen molar-refractivity contribution in [1.29, 1.82) is 0 Å². The fourth-order valence-corrected chi connectivity index (χ4v) is 4.20. The number of pyridine rings is 1. The first-order valence-electron chi connectivity index (χ1n) is 11.7. The summed E-state index contributed by atoms with van der Waals surface area (Å²) < 4.78 is 11.9. The number of aliphatic hydroxyl groups excluding tert-OH is 1. The zero-order valence-electron chi connectivity index (χ0n) is 19.4. The van der Waals surface area contributed by atoms with Crippen molar-refractivity contribution in [3.05, 3.63) is 78.1 Å². The van der Waals surface area contributed by atoms with Gasteiger partial charge in [-0.2, -0.15) is 0 Å². The van der Waals surface area contributed by atoms with Crippen molar-refractivity contribution in [3.8, 4) is 11.5 Å². The standard InChI is InChI=1S/C27H31N3O4/c1-33-25-12-11-23(17-26(25)34-24-9-2-3-10-24)30(19-20-6-5-13-28-18-20)22-8-4-7-21(16-22)27(32)29-14-15-31/h4-8,11-13,16-18,24,31H,2-3,9-10,14-15,19H2,1H3,(H,29,32). The van der Waals surface area contributed by atoms with Crippen LogP contribution in [0.5, 0.6) is 11.5 Å². The molecule has 7 nitrogen and oxygen atoms in total. The van der Waals surface area contributed by atoms with Crippen molar-refractivity contribution in [3.63, 3.8) is 0 Å². The van der Waals surface area contributed by atoms with Gasteiger partial charge in [0.2, 0.25) is 0 Å². The summed E-state index contributed by atoms with van der Waals surface area (Å²) in [5, 5.41) is 11.8. The van der Waals surface area contributed by atoms with Crippen LogP contribution >= 0.6 is 0 Å². The highest BCUT2D eigenvalue weighted by molar-refractivity contribution is 5.95. The molecule has 1 aliphatic carbocycles. The molecule has 2 aromatic carbocycles. The van der Waals surface area contributed by atoms with E-state index < -0.39 is 0 Å². The Kier molecular flexibility index (Phi) is 7.99. The normalized spacial score (nSPS) is 13.5. The molecule has 1 heterocycles. The molecule has 0 saturated heterocycles. The summed E-state index contributed by atoms with van der Waals surface area (Å²) in [5.74, 6) is 1.20. The maximum absolute atomic E-state index is 12.5. The number of nitrogens with one attached hydrogen (secondary N) is 1. The predicted molar refractivity (Wildman–Crippen MR) is 132 cm³/mol. The molecule has 0 radical (unpaired) electrons. The largest absolute Gasteiger partial charge is 0.493 e.